The molecule has 1 aliphatic rings. The van der Waals surface area contributed by atoms with Gasteiger partial charge in [-0.3, -0.25) is 10.2 Å². The SMILES string of the molecule is Cc1ccc(S(=O)(=O)n2cc(-c3ncc(F)c(NN4CCCCC4C(=O)O)n3)c3cccnc32)cc1. The lowest BCUT2D eigenvalue weighted by atomic mass is 10.0. The number of fused-ring (bicyclic) bond motifs is 1. The summed E-state index contributed by atoms with van der Waals surface area (Å²) in [4.78, 5) is 24.4. The lowest BCUT2D eigenvalue weighted by Gasteiger charge is -2.33. The molecular formula is C24H23FN6O4S. The minimum atomic E-state index is -3.99. The van der Waals surface area contributed by atoms with Crippen molar-refractivity contribution in [2.24, 2.45) is 0 Å². The minimum absolute atomic E-state index is 0.0682. The molecule has 1 aliphatic heterocycles. The third-order valence-corrected chi connectivity index (χ3v) is 7.80. The Morgan fingerprint density at radius 3 is 2.69 bits per heavy atom. The minimum Gasteiger partial charge on any atom is -0.480 e. The molecule has 4 aromatic rings. The molecule has 0 saturated carbocycles. The van der Waals surface area contributed by atoms with Crippen molar-refractivity contribution in [1.29, 1.82) is 0 Å². The number of rotatable bonds is 6. The zero-order chi connectivity index (χ0) is 25.4. The molecule has 0 radical (unpaired) electrons. The van der Waals surface area contributed by atoms with Gasteiger partial charge in [0, 0.05) is 29.9 Å². The second kappa shape index (κ2) is 9.28. The number of hydrogen-bond acceptors (Lipinski definition) is 8. The van der Waals surface area contributed by atoms with Gasteiger partial charge >= 0.3 is 5.97 Å². The van der Waals surface area contributed by atoms with E-state index in [9.17, 15) is 22.7 Å². The van der Waals surface area contributed by atoms with E-state index in [1.54, 1.807) is 24.3 Å². The highest BCUT2D eigenvalue weighted by Crippen LogP contribution is 2.31. The number of anilines is 1. The second-order valence-electron chi connectivity index (χ2n) is 8.58. The van der Waals surface area contributed by atoms with E-state index in [4.69, 9.17) is 0 Å². The van der Waals surface area contributed by atoms with Crippen LogP contribution in [0.4, 0.5) is 10.2 Å². The van der Waals surface area contributed by atoms with Crippen LogP contribution in [0.25, 0.3) is 22.4 Å². The smallest absolute Gasteiger partial charge is 0.322 e. The first-order valence-electron chi connectivity index (χ1n) is 11.3. The maximum Gasteiger partial charge on any atom is 0.322 e. The van der Waals surface area contributed by atoms with Crippen LogP contribution in [0.15, 0.2) is 59.9 Å². The van der Waals surface area contributed by atoms with E-state index in [0.717, 1.165) is 28.6 Å². The Morgan fingerprint density at radius 2 is 1.94 bits per heavy atom. The number of aryl methyl sites for hydroxylation is 1. The molecule has 0 aliphatic carbocycles. The summed E-state index contributed by atoms with van der Waals surface area (Å²) in [6.45, 7) is 2.27. The molecule has 4 heterocycles. The van der Waals surface area contributed by atoms with Crippen LogP contribution in [0, 0.1) is 12.7 Å². The molecule has 12 heteroatoms. The highest BCUT2D eigenvalue weighted by molar-refractivity contribution is 7.90. The van der Waals surface area contributed by atoms with Gasteiger partial charge in [0.25, 0.3) is 10.0 Å². The molecule has 36 heavy (non-hydrogen) atoms. The number of nitrogens with zero attached hydrogens (tertiary/aromatic N) is 5. The van der Waals surface area contributed by atoms with Crippen molar-refractivity contribution in [1.82, 2.24) is 23.9 Å². The number of carbonyl (C=O) groups is 1. The summed E-state index contributed by atoms with van der Waals surface area (Å²) in [7, 11) is -3.99. The molecule has 0 amide bonds. The van der Waals surface area contributed by atoms with Crippen molar-refractivity contribution in [2.75, 3.05) is 12.0 Å². The number of aromatic nitrogens is 4. The summed E-state index contributed by atoms with van der Waals surface area (Å²) < 4.78 is 42.6. The number of nitrogens with one attached hydrogen (secondary N) is 1. The van der Waals surface area contributed by atoms with E-state index in [1.807, 2.05) is 6.92 Å². The Hall–Kier alpha value is -3.90. The normalized spacial score (nSPS) is 16.8. The molecule has 2 N–H and O–H groups in total. The van der Waals surface area contributed by atoms with Gasteiger partial charge in [0.15, 0.2) is 23.1 Å². The van der Waals surface area contributed by atoms with Crippen LogP contribution in [-0.2, 0) is 14.8 Å². The molecule has 0 spiro atoms. The zero-order valence-electron chi connectivity index (χ0n) is 19.3. The Balaban J connectivity index is 1.58. The van der Waals surface area contributed by atoms with Gasteiger partial charge in [0.2, 0.25) is 0 Å². The third-order valence-electron chi connectivity index (χ3n) is 6.13. The summed E-state index contributed by atoms with van der Waals surface area (Å²) in [5.41, 5.74) is 4.23. The third kappa shape index (κ3) is 4.29. The fourth-order valence-electron chi connectivity index (χ4n) is 4.25. The number of hydrazine groups is 1. The van der Waals surface area contributed by atoms with Crippen LogP contribution in [0.2, 0.25) is 0 Å². The Kier molecular flexibility index (Phi) is 6.14. The summed E-state index contributed by atoms with van der Waals surface area (Å²) in [6, 6.07) is 8.98. The Morgan fingerprint density at radius 1 is 1.17 bits per heavy atom. The lowest BCUT2D eigenvalue weighted by Crippen LogP contribution is -2.48. The number of hydrogen-bond donors (Lipinski definition) is 2. The molecule has 1 atom stereocenters. The fraction of sp³-hybridized carbons (Fsp3) is 0.250. The summed E-state index contributed by atoms with van der Waals surface area (Å²) in [6.07, 6.45) is 5.76. The second-order valence-corrected chi connectivity index (χ2v) is 10.4. The predicted octanol–water partition coefficient (Wildman–Crippen LogP) is 3.44. The van der Waals surface area contributed by atoms with E-state index in [0.29, 0.717) is 23.9 Å². The first kappa shape index (κ1) is 23.8. The van der Waals surface area contributed by atoms with Crippen molar-refractivity contribution in [3.63, 3.8) is 0 Å². The topological polar surface area (TPSA) is 130 Å². The van der Waals surface area contributed by atoms with Gasteiger partial charge in [-0.05, 0) is 50.5 Å². The molecule has 3 aromatic heterocycles. The molecule has 1 saturated heterocycles. The largest absolute Gasteiger partial charge is 0.480 e. The summed E-state index contributed by atoms with van der Waals surface area (Å²) in [5, 5.41) is 11.4. The lowest BCUT2D eigenvalue weighted by molar-refractivity contribution is -0.143. The van der Waals surface area contributed by atoms with Crippen LogP contribution >= 0.6 is 0 Å². The quantitative estimate of drug-likeness (QED) is 0.400. The summed E-state index contributed by atoms with van der Waals surface area (Å²) >= 11 is 0. The molecule has 186 valence electrons. The van der Waals surface area contributed by atoms with Gasteiger partial charge in [-0.2, -0.15) is 0 Å². The number of piperidine rings is 1. The molecule has 1 unspecified atom stereocenters. The average Bonchev–Trinajstić information content (AvgIpc) is 3.26. The monoisotopic (exact) mass is 510 g/mol. The average molecular weight is 511 g/mol. The van der Waals surface area contributed by atoms with Crippen molar-refractivity contribution < 1.29 is 22.7 Å². The van der Waals surface area contributed by atoms with Gasteiger partial charge in [-0.25, -0.2) is 36.7 Å². The van der Waals surface area contributed by atoms with E-state index in [1.165, 1.54) is 29.5 Å². The maximum atomic E-state index is 14.7. The number of halogens is 1. The van der Waals surface area contributed by atoms with Gasteiger partial charge < -0.3 is 5.11 Å². The number of carboxylic acid groups (broad SMARTS) is 1. The zero-order valence-corrected chi connectivity index (χ0v) is 20.1. The molecule has 5 rings (SSSR count). The van der Waals surface area contributed by atoms with Crippen molar-refractivity contribution in [3.05, 3.63) is 66.4 Å². The Bertz CT molecular complexity index is 1550. The van der Waals surface area contributed by atoms with E-state index >= 15 is 0 Å². The standard InChI is InChI=1S/C24H23FN6O4S/c1-15-7-9-16(10-8-15)36(34,35)31-14-18(17-5-4-11-26-23(17)31)21-27-13-19(25)22(28-21)29-30-12-3-2-6-20(30)24(32)33/h4-5,7-11,13-14,20H,2-3,6,12H2,1H3,(H,32,33)(H,27,28,29). The van der Waals surface area contributed by atoms with E-state index < -0.39 is 27.9 Å². The summed E-state index contributed by atoms with van der Waals surface area (Å²) in [5.74, 6) is -1.90. The van der Waals surface area contributed by atoms with Gasteiger partial charge in [0.1, 0.15) is 6.04 Å². The van der Waals surface area contributed by atoms with Crippen LogP contribution in [0.3, 0.4) is 0 Å². The molecule has 10 nitrogen and oxygen atoms in total. The van der Waals surface area contributed by atoms with Crippen molar-refractivity contribution in [3.8, 4) is 11.4 Å². The van der Waals surface area contributed by atoms with Crippen LogP contribution in [-0.4, -0.2) is 56.0 Å². The highest BCUT2D eigenvalue weighted by Gasteiger charge is 2.30. The number of aliphatic carboxylic acids is 1. The molecule has 0 bridgehead atoms. The van der Waals surface area contributed by atoms with Crippen LogP contribution in [0.5, 0.6) is 0 Å². The van der Waals surface area contributed by atoms with Crippen LogP contribution in [0.1, 0.15) is 24.8 Å². The predicted molar refractivity (Wildman–Crippen MR) is 130 cm³/mol. The highest BCUT2D eigenvalue weighted by atomic mass is 32.2. The Labute approximate surface area is 206 Å². The van der Waals surface area contributed by atoms with Crippen LogP contribution < -0.4 is 5.43 Å². The first-order valence-corrected chi connectivity index (χ1v) is 12.8. The number of pyridine rings is 1. The van der Waals surface area contributed by atoms with Gasteiger partial charge in [-0.1, -0.05) is 17.7 Å². The number of carboxylic acids is 1. The molecular weight excluding hydrogens is 487 g/mol. The molecule has 1 fully saturated rings. The van der Waals surface area contributed by atoms with Gasteiger partial charge in [-0.15, -0.1) is 0 Å². The van der Waals surface area contributed by atoms with Gasteiger partial charge in [0.05, 0.1) is 11.1 Å². The number of benzene rings is 1. The van der Waals surface area contributed by atoms with Crippen molar-refractivity contribution in [2.45, 2.75) is 37.1 Å². The fourth-order valence-corrected chi connectivity index (χ4v) is 5.57. The maximum absolute atomic E-state index is 14.7. The van der Waals surface area contributed by atoms with E-state index in [2.05, 4.69) is 20.4 Å². The van der Waals surface area contributed by atoms with Crippen molar-refractivity contribution >= 4 is 32.8 Å². The molecule has 1 aromatic carbocycles. The van der Waals surface area contributed by atoms with E-state index in [-0.39, 0.29) is 22.2 Å². The first-order chi connectivity index (χ1) is 17.3.